The lowest BCUT2D eigenvalue weighted by Crippen LogP contribution is -2.68. The number of sulfone groups is 1. The molecule has 3 aromatic rings. The van der Waals surface area contributed by atoms with E-state index >= 15 is 0 Å². The summed E-state index contributed by atoms with van der Waals surface area (Å²) in [7, 11) is -3.87. The Morgan fingerprint density at radius 1 is 1.07 bits per heavy atom. The van der Waals surface area contributed by atoms with Crippen molar-refractivity contribution in [3.63, 3.8) is 0 Å². The lowest BCUT2D eigenvalue weighted by Gasteiger charge is -2.50. The van der Waals surface area contributed by atoms with Gasteiger partial charge in [-0.3, -0.25) is 14.3 Å². The van der Waals surface area contributed by atoms with Crippen molar-refractivity contribution in [3.05, 3.63) is 67.5 Å². The van der Waals surface area contributed by atoms with Gasteiger partial charge in [0.05, 0.1) is 18.7 Å². The maximum absolute atomic E-state index is 14.3. The number of hydrogen-bond acceptors (Lipinski definition) is 10. The van der Waals surface area contributed by atoms with Gasteiger partial charge in [-0.25, -0.2) is 23.4 Å². The third-order valence-corrected chi connectivity index (χ3v) is 10.8. The summed E-state index contributed by atoms with van der Waals surface area (Å²) in [6, 6.07) is 7.31. The zero-order valence-corrected chi connectivity index (χ0v) is 26.8. The van der Waals surface area contributed by atoms with Crippen LogP contribution in [0.3, 0.4) is 0 Å². The Balaban J connectivity index is 1.40. The van der Waals surface area contributed by atoms with E-state index in [1.54, 1.807) is 29.4 Å². The number of nitrogens with zero attached hydrogens (tertiary/aromatic N) is 6. The third-order valence-electron chi connectivity index (χ3n) is 8.45. The molecule has 1 amide bonds. The van der Waals surface area contributed by atoms with Gasteiger partial charge < -0.3 is 19.7 Å². The fourth-order valence-corrected chi connectivity index (χ4v) is 7.91. The highest BCUT2D eigenvalue weighted by atomic mass is 32.2. The van der Waals surface area contributed by atoms with E-state index in [9.17, 15) is 13.2 Å². The van der Waals surface area contributed by atoms with Gasteiger partial charge >= 0.3 is 0 Å². The molecule has 2 aliphatic heterocycles. The van der Waals surface area contributed by atoms with E-state index < -0.39 is 14.7 Å². The number of nitrogens with one attached hydrogen (secondary N) is 1. The number of rotatable bonds is 16. The monoisotopic (exact) mass is 637 g/mol. The molecule has 1 aromatic carbocycles. The topological polar surface area (TPSA) is 132 Å². The molecule has 45 heavy (non-hydrogen) atoms. The molecule has 0 radical (unpaired) electrons. The van der Waals surface area contributed by atoms with Crippen LogP contribution >= 0.6 is 0 Å². The molecule has 1 unspecified atom stereocenters. The zero-order valence-electron chi connectivity index (χ0n) is 25.9. The summed E-state index contributed by atoms with van der Waals surface area (Å²) in [5.41, 5.74) is 0.831. The van der Waals surface area contributed by atoms with E-state index in [0.29, 0.717) is 42.8 Å². The molecule has 1 N–H and O–H groups in total. The van der Waals surface area contributed by atoms with E-state index in [4.69, 9.17) is 9.47 Å². The van der Waals surface area contributed by atoms with Gasteiger partial charge in [-0.2, -0.15) is 0 Å². The molecule has 2 aliphatic rings. The molecule has 0 aliphatic carbocycles. The first-order valence-electron chi connectivity index (χ1n) is 15.6. The second kappa shape index (κ2) is 14.9. The number of carbonyl (C=O) groups is 1. The van der Waals surface area contributed by atoms with Crippen LogP contribution in [-0.4, -0.2) is 82.3 Å². The second-order valence-corrected chi connectivity index (χ2v) is 13.9. The van der Waals surface area contributed by atoms with Crippen molar-refractivity contribution in [2.24, 2.45) is 0 Å². The average molecular weight is 638 g/mol. The van der Waals surface area contributed by atoms with Crippen LogP contribution in [-0.2, 0) is 21.2 Å². The Morgan fingerprint density at radius 3 is 2.67 bits per heavy atom. The summed E-state index contributed by atoms with van der Waals surface area (Å²) in [5, 5.41) is 2.96. The van der Waals surface area contributed by atoms with E-state index in [1.165, 1.54) is 25.2 Å². The van der Waals surface area contributed by atoms with Gasteiger partial charge in [0.15, 0.2) is 26.2 Å². The van der Waals surface area contributed by atoms with Crippen molar-refractivity contribution in [1.29, 1.82) is 0 Å². The number of ether oxygens (including phenoxy) is 2. The van der Waals surface area contributed by atoms with Crippen LogP contribution in [0.2, 0.25) is 0 Å². The zero-order chi connectivity index (χ0) is 31.7. The number of carbonyl (C=O) groups excluding carboxylic acids is 1. The normalized spacial score (nSPS) is 18.2. The minimum Gasteiger partial charge on any atom is -0.454 e. The molecule has 0 spiro atoms. The summed E-state index contributed by atoms with van der Waals surface area (Å²) in [5.74, 6) is 1.90. The number of imidazole rings is 1. The Labute approximate surface area is 265 Å². The second-order valence-electron chi connectivity index (χ2n) is 11.5. The number of amides is 1. The number of hydrogen-bond donors (Lipinski definition) is 1. The molecule has 13 heteroatoms. The summed E-state index contributed by atoms with van der Waals surface area (Å²) in [6.45, 7) is 8.00. The molecule has 5 rings (SSSR count). The molecular weight excluding hydrogens is 594 g/mol. The Kier molecular flexibility index (Phi) is 10.7. The van der Waals surface area contributed by atoms with Crippen LogP contribution in [0.1, 0.15) is 57.4 Å². The molecule has 4 heterocycles. The van der Waals surface area contributed by atoms with Gasteiger partial charge in [0, 0.05) is 38.1 Å². The van der Waals surface area contributed by atoms with Crippen LogP contribution < -0.4 is 19.7 Å². The van der Waals surface area contributed by atoms with Crippen molar-refractivity contribution in [2.75, 3.05) is 43.6 Å². The Hall–Kier alpha value is -3.97. The fraction of sp³-hybridized carbons (Fsp3) is 0.500. The van der Waals surface area contributed by atoms with Gasteiger partial charge in [-0.05, 0) is 30.7 Å². The lowest BCUT2D eigenvalue weighted by molar-refractivity contribution is -0.123. The van der Waals surface area contributed by atoms with Gasteiger partial charge in [0.25, 0.3) is 0 Å². The van der Waals surface area contributed by atoms with Crippen LogP contribution in [0.5, 0.6) is 11.5 Å². The summed E-state index contributed by atoms with van der Waals surface area (Å²) < 4.78 is 41.2. The summed E-state index contributed by atoms with van der Waals surface area (Å²) in [6.07, 6.45) is 14.2. The SMILES string of the molecule is C=CCS(=O)(=O)C1(CC(=O)NCc2ccc3c(c2)OCO3)CN(c2cc(-n3ccnc3)ncn2)CCN1CCCCCCCC. The molecule has 2 aromatic heterocycles. The van der Waals surface area contributed by atoms with Crippen LogP contribution in [0.4, 0.5) is 5.82 Å². The lowest BCUT2D eigenvalue weighted by atomic mass is 10.0. The van der Waals surface area contributed by atoms with E-state index in [1.807, 2.05) is 28.0 Å². The van der Waals surface area contributed by atoms with E-state index in [0.717, 1.165) is 31.2 Å². The number of fused-ring (bicyclic) bond motifs is 1. The van der Waals surface area contributed by atoms with Crippen molar-refractivity contribution in [2.45, 2.75) is 63.3 Å². The molecule has 12 nitrogen and oxygen atoms in total. The largest absolute Gasteiger partial charge is 0.454 e. The molecule has 1 atom stereocenters. The first kappa shape index (κ1) is 32.4. The highest BCUT2D eigenvalue weighted by molar-refractivity contribution is 7.92. The quantitative estimate of drug-likeness (QED) is 0.182. The number of piperazine rings is 1. The van der Waals surface area contributed by atoms with Gasteiger partial charge in [0.1, 0.15) is 24.3 Å². The van der Waals surface area contributed by atoms with Crippen LogP contribution in [0.25, 0.3) is 5.82 Å². The van der Waals surface area contributed by atoms with Crippen molar-refractivity contribution in [3.8, 4) is 17.3 Å². The molecule has 0 bridgehead atoms. The highest BCUT2D eigenvalue weighted by Crippen LogP contribution is 2.35. The minimum absolute atomic E-state index is 0.0802. The Morgan fingerprint density at radius 2 is 1.87 bits per heavy atom. The predicted octanol–water partition coefficient (Wildman–Crippen LogP) is 3.88. The number of benzene rings is 1. The number of aromatic nitrogens is 4. The molecule has 0 saturated carbocycles. The van der Waals surface area contributed by atoms with Crippen molar-refractivity contribution < 1.29 is 22.7 Å². The summed E-state index contributed by atoms with van der Waals surface area (Å²) in [4.78, 5) is 29.1. The van der Waals surface area contributed by atoms with Gasteiger partial charge in [-0.15, -0.1) is 6.58 Å². The first-order chi connectivity index (χ1) is 21.8. The number of anilines is 1. The molecule has 1 saturated heterocycles. The molecule has 242 valence electrons. The number of unbranched alkanes of at least 4 members (excludes halogenated alkanes) is 5. The van der Waals surface area contributed by atoms with E-state index in [-0.39, 0.29) is 38.0 Å². The van der Waals surface area contributed by atoms with Crippen LogP contribution in [0, 0.1) is 0 Å². The minimum atomic E-state index is -3.87. The summed E-state index contributed by atoms with van der Waals surface area (Å²) >= 11 is 0. The van der Waals surface area contributed by atoms with Crippen molar-refractivity contribution in [1.82, 2.24) is 29.7 Å². The van der Waals surface area contributed by atoms with Crippen LogP contribution in [0.15, 0.2) is 62.0 Å². The average Bonchev–Trinajstić information content (AvgIpc) is 3.75. The molecule has 1 fully saturated rings. The van der Waals surface area contributed by atoms with Crippen molar-refractivity contribution >= 4 is 21.6 Å². The maximum atomic E-state index is 14.3. The standard InChI is InChI=1S/C32H43N7O5S/c1-3-5-6-7-8-9-13-39-16-15-37(29-19-30(36-23-35-29)38-14-12-33-24-38)22-32(39,45(41,42)17-4-2)20-31(40)34-21-26-10-11-27-28(18-26)44-25-43-27/h4,10-12,14,18-19,23-24H,2-3,5-9,13,15-17,20-22,25H2,1H3,(H,34,40). The Bertz CT molecular complexity index is 1550. The smallest absolute Gasteiger partial charge is 0.231 e. The van der Waals surface area contributed by atoms with Gasteiger partial charge in [0.2, 0.25) is 12.7 Å². The molecular formula is C32H43N7O5S. The first-order valence-corrected chi connectivity index (χ1v) is 17.3. The maximum Gasteiger partial charge on any atom is 0.231 e. The fourth-order valence-electron chi connectivity index (χ4n) is 6.01. The predicted molar refractivity (Wildman–Crippen MR) is 172 cm³/mol. The third kappa shape index (κ3) is 7.64. The van der Waals surface area contributed by atoms with E-state index in [2.05, 4.69) is 33.8 Å². The highest BCUT2D eigenvalue weighted by Gasteiger charge is 2.52. The van der Waals surface area contributed by atoms with Gasteiger partial charge in [-0.1, -0.05) is 51.2 Å².